The summed E-state index contributed by atoms with van der Waals surface area (Å²) in [7, 11) is 0. The Hall–Kier alpha value is -0.820. The van der Waals surface area contributed by atoms with Gasteiger partial charge >= 0.3 is 0 Å². The smallest absolute Gasteiger partial charge is 0.0433 e. The molecule has 1 saturated carbocycles. The number of aryl methyl sites for hydroxylation is 1. The van der Waals surface area contributed by atoms with Crippen molar-refractivity contribution in [3.63, 3.8) is 0 Å². The van der Waals surface area contributed by atoms with E-state index in [1.165, 1.54) is 17.5 Å². The van der Waals surface area contributed by atoms with Crippen molar-refractivity contribution in [2.45, 2.75) is 25.7 Å². The fourth-order valence-electron chi connectivity index (χ4n) is 1.95. The van der Waals surface area contributed by atoms with E-state index in [2.05, 4.69) is 31.2 Å². The number of hydrogen-bond donors (Lipinski definition) is 1. The van der Waals surface area contributed by atoms with Crippen LogP contribution in [-0.4, -0.2) is 11.7 Å². The molecule has 0 radical (unpaired) electrons. The fourth-order valence-corrected chi connectivity index (χ4v) is 1.95. The number of rotatable bonds is 3. The van der Waals surface area contributed by atoms with E-state index in [0.717, 1.165) is 18.3 Å². The van der Waals surface area contributed by atoms with E-state index < -0.39 is 0 Å². The highest BCUT2D eigenvalue weighted by molar-refractivity contribution is 5.28. The minimum Gasteiger partial charge on any atom is -0.396 e. The molecule has 0 saturated heterocycles. The SMILES string of the molecule is Cc1ccc([C@H]2CC2CCO)cc1. The minimum absolute atomic E-state index is 0.340. The summed E-state index contributed by atoms with van der Waals surface area (Å²) in [4.78, 5) is 0. The predicted molar refractivity (Wildman–Crippen MR) is 53.7 cm³/mol. The monoisotopic (exact) mass is 176 g/mol. The summed E-state index contributed by atoms with van der Waals surface area (Å²) in [6.07, 6.45) is 2.24. The third-order valence-corrected chi connectivity index (χ3v) is 2.93. The van der Waals surface area contributed by atoms with E-state index in [4.69, 9.17) is 5.11 Å². The zero-order chi connectivity index (χ0) is 9.26. The first-order valence-electron chi connectivity index (χ1n) is 4.98. The lowest BCUT2D eigenvalue weighted by Gasteiger charge is -1.99. The van der Waals surface area contributed by atoms with Crippen LogP contribution in [0, 0.1) is 12.8 Å². The number of aliphatic hydroxyl groups is 1. The molecule has 0 bridgehead atoms. The molecule has 1 aromatic rings. The molecule has 0 spiro atoms. The van der Waals surface area contributed by atoms with Crippen molar-refractivity contribution in [2.24, 2.45) is 5.92 Å². The molecular weight excluding hydrogens is 160 g/mol. The van der Waals surface area contributed by atoms with Gasteiger partial charge in [-0.1, -0.05) is 29.8 Å². The predicted octanol–water partition coefficient (Wildman–Crippen LogP) is 2.48. The molecule has 13 heavy (non-hydrogen) atoms. The average molecular weight is 176 g/mol. The molecule has 0 heterocycles. The van der Waals surface area contributed by atoms with Gasteiger partial charge in [0.05, 0.1) is 0 Å². The molecule has 0 aromatic heterocycles. The molecule has 0 aliphatic heterocycles. The van der Waals surface area contributed by atoms with Gasteiger partial charge in [-0.15, -0.1) is 0 Å². The Morgan fingerprint density at radius 2 is 2.00 bits per heavy atom. The second-order valence-electron chi connectivity index (χ2n) is 4.03. The number of benzene rings is 1. The van der Waals surface area contributed by atoms with Gasteiger partial charge in [0.15, 0.2) is 0 Å². The molecule has 2 atom stereocenters. The summed E-state index contributed by atoms with van der Waals surface area (Å²) in [6.45, 7) is 2.45. The molecule has 2 rings (SSSR count). The highest BCUT2D eigenvalue weighted by Gasteiger charge is 2.37. The molecule has 1 nitrogen and oxygen atoms in total. The topological polar surface area (TPSA) is 20.2 Å². The van der Waals surface area contributed by atoms with Gasteiger partial charge in [-0.2, -0.15) is 0 Å². The van der Waals surface area contributed by atoms with Gasteiger partial charge in [-0.3, -0.25) is 0 Å². The Morgan fingerprint density at radius 1 is 1.31 bits per heavy atom. The summed E-state index contributed by atoms with van der Waals surface area (Å²) in [6, 6.07) is 8.78. The molecule has 0 amide bonds. The van der Waals surface area contributed by atoms with E-state index in [1.54, 1.807) is 0 Å². The van der Waals surface area contributed by atoms with Gasteiger partial charge < -0.3 is 5.11 Å². The second-order valence-corrected chi connectivity index (χ2v) is 4.03. The third kappa shape index (κ3) is 1.92. The molecule has 70 valence electrons. The Kier molecular flexibility index (Phi) is 2.36. The normalized spacial score (nSPS) is 26.0. The highest BCUT2D eigenvalue weighted by Crippen LogP contribution is 2.49. The summed E-state index contributed by atoms with van der Waals surface area (Å²) in [5.41, 5.74) is 2.77. The van der Waals surface area contributed by atoms with E-state index in [0.29, 0.717) is 6.61 Å². The third-order valence-electron chi connectivity index (χ3n) is 2.93. The van der Waals surface area contributed by atoms with Crippen LogP contribution in [0.4, 0.5) is 0 Å². The van der Waals surface area contributed by atoms with Crippen molar-refractivity contribution in [3.8, 4) is 0 Å². The molecule has 1 N–H and O–H groups in total. The van der Waals surface area contributed by atoms with E-state index >= 15 is 0 Å². The lowest BCUT2D eigenvalue weighted by atomic mass is 10.1. The van der Waals surface area contributed by atoms with E-state index in [9.17, 15) is 0 Å². The van der Waals surface area contributed by atoms with Crippen LogP contribution in [0.5, 0.6) is 0 Å². The van der Waals surface area contributed by atoms with Crippen LogP contribution in [0.25, 0.3) is 0 Å². The Bertz CT molecular complexity index is 276. The molecule has 1 unspecified atom stereocenters. The maximum Gasteiger partial charge on any atom is 0.0433 e. The Morgan fingerprint density at radius 3 is 2.62 bits per heavy atom. The fraction of sp³-hybridized carbons (Fsp3) is 0.500. The van der Waals surface area contributed by atoms with Crippen LogP contribution in [0.15, 0.2) is 24.3 Å². The van der Waals surface area contributed by atoms with Gasteiger partial charge in [0.25, 0.3) is 0 Å². The average Bonchev–Trinajstić information content (AvgIpc) is 2.86. The molecule has 1 heteroatoms. The molecular formula is C12H16O. The zero-order valence-corrected chi connectivity index (χ0v) is 8.03. The lowest BCUT2D eigenvalue weighted by molar-refractivity contribution is 0.279. The first-order chi connectivity index (χ1) is 6.31. The van der Waals surface area contributed by atoms with Crippen molar-refractivity contribution >= 4 is 0 Å². The highest BCUT2D eigenvalue weighted by atomic mass is 16.3. The molecule has 1 fully saturated rings. The molecule has 1 aliphatic rings. The van der Waals surface area contributed by atoms with Crippen LogP contribution < -0.4 is 0 Å². The minimum atomic E-state index is 0.340. The van der Waals surface area contributed by atoms with Crippen molar-refractivity contribution in [3.05, 3.63) is 35.4 Å². The van der Waals surface area contributed by atoms with Gasteiger partial charge in [0, 0.05) is 6.61 Å². The van der Waals surface area contributed by atoms with Crippen LogP contribution in [-0.2, 0) is 0 Å². The van der Waals surface area contributed by atoms with Crippen molar-refractivity contribution in [1.29, 1.82) is 0 Å². The maximum absolute atomic E-state index is 8.79. The van der Waals surface area contributed by atoms with Crippen molar-refractivity contribution in [2.75, 3.05) is 6.61 Å². The molecule has 1 aliphatic carbocycles. The van der Waals surface area contributed by atoms with E-state index in [-0.39, 0.29) is 0 Å². The van der Waals surface area contributed by atoms with Gasteiger partial charge in [0.1, 0.15) is 0 Å². The first kappa shape index (κ1) is 8.76. The summed E-state index contributed by atoms with van der Waals surface area (Å²) >= 11 is 0. The van der Waals surface area contributed by atoms with Crippen LogP contribution in [0.2, 0.25) is 0 Å². The summed E-state index contributed by atoms with van der Waals surface area (Å²) in [5.74, 6) is 1.47. The van der Waals surface area contributed by atoms with Crippen LogP contribution >= 0.6 is 0 Å². The lowest BCUT2D eigenvalue weighted by Crippen LogP contribution is -1.87. The maximum atomic E-state index is 8.79. The van der Waals surface area contributed by atoms with Gasteiger partial charge in [0.2, 0.25) is 0 Å². The summed E-state index contributed by atoms with van der Waals surface area (Å²) in [5, 5.41) is 8.79. The van der Waals surface area contributed by atoms with Gasteiger partial charge in [-0.25, -0.2) is 0 Å². The molecule has 1 aromatic carbocycles. The quantitative estimate of drug-likeness (QED) is 0.750. The zero-order valence-electron chi connectivity index (χ0n) is 8.03. The van der Waals surface area contributed by atoms with Crippen molar-refractivity contribution in [1.82, 2.24) is 0 Å². The largest absolute Gasteiger partial charge is 0.396 e. The summed E-state index contributed by atoms with van der Waals surface area (Å²) < 4.78 is 0. The Labute approximate surface area is 79.4 Å². The van der Waals surface area contributed by atoms with Crippen LogP contribution in [0.3, 0.4) is 0 Å². The second kappa shape index (κ2) is 3.51. The Balaban J connectivity index is 2.00. The van der Waals surface area contributed by atoms with Crippen molar-refractivity contribution < 1.29 is 5.11 Å². The van der Waals surface area contributed by atoms with Gasteiger partial charge in [-0.05, 0) is 37.2 Å². The van der Waals surface area contributed by atoms with Crippen LogP contribution in [0.1, 0.15) is 29.9 Å². The number of aliphatic hydroxyl groups excluding tert-OH is 1. The number of hydrogen-bond acceptors (Lipinski definition) is 1. The standard InChI is InChI=1S/C12H16O/c1-9-2-4-10(5-3-9)12-8-11(12)6-7-13/h2-5,11-13H,6-8H2,1H3/t11?,12-/m1/s1. The first-order valence-corrected chi connectivity index (χ1v) is 4.98. The van der Waals surface area contributed by atoms with E-state index in [1.807, 2.05) is 0 Å².